The fourth-order valence-electron chi connectivity index (χ4n) is 2.65. The molecule has 0 aliphatic heterocycles. The second-order valence-corrected chi connectivity index (χ2v) is 4.74. The van der Waals surface area contributed by atoms with Gasteiger partial charge in [-0.15, -0.1) is 0 Å². The van der Waals surface area contributed by atoms with Gasteiger partial charge in [0.15, 0.2) is 0 Å². The molecule has 0 saturated carbocycles. The molecule has 0 radical (unpaired) electrons. The lowest BCUT2D eigenvalue weighted by atomic mass is 9.76. The number of hydrogen-bond donors (Lipinski definition) is 0. The van der Waals surface area contributed by atoms with Gasteiger partial charge in [-0.05, 0) is 42.2 Å². The van der Waals surface area contributed by atoms with E-state index in [1.807, 2.05) is 6.07 Å². The number of nitriles is 1. The summed E-state index contributed by atoms with van der Waals surface area (Å²) in [5, 5.41) is 9.20. The molecule has 1 rings (SSSR count). The molecule has 98 valence electrons. The molecule has 0 aromatic carbocycles. The first-order valence-corrected chi connectivity index (χ1v) is 6.52. The van der Waals surface area contributed by atoms with Crippen molar-refractivity contribution in [2.24, 2.45) is 11.8 Å². The van der Waals surface area contributed by atoms with Crippen LogP contribution in [0.4, 0.5) is 0 Å². The topological polar surface area (TPSA) is 50.1 Å². The molecule has 1 aliphatic carbocycles. The third-order valence-corrected chi connectivity index (χ3v) is 3.61. The van der Waals surface area contributed by atoms with E-state index in [-0.39, 0.29) is 11.5 Å². The average Bonchev–Trinajstić information content (AvgIpc) is 2.40. The lowest BCUT2D eigenvalue weighted by Crippen LogP contribution is -2.19. The van der Waals surface area contributed by atoms with E-state index in [4.69, 9.17) is 4.74 Å². The molecule has 3 nitrogen and oxygen atoms in total. The highest BCUT2D eigenvalue weighted by Gasteiger charge is 2.28. The van der Waals surface area contributed by atoms with Crippen LogP contribution in [0.2, 0.25) is 0 Å². The molecule has 0 amide bonds. The Hall–Kier alpha value is -1.56. The zero-order valence-electron chi connectivity index (χ0n) is 11.6. The number of rotatable bonds is 3. The lowest BCUT2D eigenvalue weighted by molar-refractivity contribution is -0.135. The zero-order chi connectivity index (χ0) is 13.7. The Morgan fingerprint density at radius 2 is 2.22 bits per heavy atom. The van der Waals surface area contributed by atoms with E-state index in [1.165, 1.54) is 7.11 Å². The van der Waals surface area contributed by atoms with Gasteiger partial charge in [-0.2, -0.15) is 5.26 Å². The Morgan fingerprint density at radius 1 is 1.56 bits per heavy atom. The van der Waals surface area contributed by atoms with Crippen LogP contribution in [0.3, 0.4) is 0 Å². The van der Waals surface area contributed by atoms with E-state index in [0.717, 1.165) is 30.4 Å². The summed E-state index contributed by atoms with van der Waals surface area (Å²) in [4.78, 5) is 11.7. The molecule has 2 unspecified atom stereocenters. The van der Waals surface area contributed by atoms with Crippen LogP contribution >= 0.6 is 0 Å². The largest absolute Gasteiger partial charge is 0.465 e. The quantitative estimate of drug-likeness (QED) is 0.436. The molecule has 0 aromatic heterocycles. The molecule has 0 saturated heterocycles. The molecule has 0 heterocycles. The average molecular weight is 247 g/mol. The zero-order valence-corrected chi connectivity index (χ0v) is 11.6. The number of carbonyl (C=O) groups is 1. The highest BCUT2D eigenvalue weighted by molar-refractivity contribution is 5.94. The van der Waals surface area contributed by atoms with Crippen molar-refractivity contribution < 1.29 is 9.53 Å². The highest BCUT2D eigenvalue weighted by Crippen LogP contribution is 2.37. The van der Waals surface area contributed by atoms with Crippen molar-refractivity contribution in [3.05, 3.63) is 22.8 Å². The van der Waals surface area contributed by atoms with E-state index in [2.05, 4.69) is 26.8 Å². The third-order valence-electron chi connectivity index (χ3n) is 3.61. The van der Waals surface area contributed by atoms with E-state index < -0.39 is 5.97 Å². The van der Waals surface area contributed by atoms with Crippen LogP contribution < -0.4 is 0 Å². The van der Waals surface area contributed by atoms with Crippen molar-refractivity contribution in [1.82, 2.24) is 0 Å². The number of esters is 1. The van der Waals surface area contributed by atoms with E-state index in [0.29, 0.717) is 5.92 Å². The Kier molecular flexibility index (Phi) is 5.15. The first kappa shape index (κ1) is 14.5. The number of carbonyl (C=O) groups excluding carboxylic acids is 1. The monoisotopic (exact) mass is 247 g/mol. The Morgan fingerprint density at radius 3 is 2.67 bits per heavy atom. The summed E-state index contributed by atoms with van der Waals surface area (Å²) >= 11 is 0. The van der Waals surface area contributed by atoms with Crippen LogP contribution in [0.15, 0.2) is 22.8 Å². The van der Waals surface area contributed by atoms with Gasteiger partial charge >= 0.3 is 5.97 Å². The smallest absolute Gasteiger partial charge is 0.348 e. The Balaban J connectivity index is 3.31. The van der Waals surface area contributed by atoms with Crippen molar-refractivity contribution in [3.63, 3.8) is 0 Å². The Labute approximate surface area is 109 Å². The highest BCUT2D eigenvalue weighted by atomic mass is 16.5. The summed E-state index contributed by atoms with van der Waals surface area (Å²) in [6.45, 7) is 6.31. The summed E-state index contributed by atoms with van der Waals surface area (Å²) in [6.07, 6.45) is 5.16. The maximum atomic E-state index is 11.7. The van der Waals surface area contributed by atoms with E-state index in [9.17, 15) is 10.1 Å². The maximum Gasteiger partial charge on any atom is 0.348 e. The number of nitrogens with zero attached hydrogens (tertiary/aromatic N) is 1. The Bertz CT molecular complexity index is 426. The molecule has 18 heavy (non-hydrogen) atoms. The van der Waals surface area contributed by atoms with Crippen LogP contribution in [0.1, 0.15) is 40.0 Å². The second-order valence-electron chi connectivity index (χ2n) is 4.74. The number of ether oxygens (including phenoxy) is 1. The summed E-state index contributed by atoms with van der Waals surface area (Å²) in [7, 11) is 1.32. The molecule has 0 spiro atoms. The molecule has 0 bridgehead atoms. The van der Waals surface area contributed by atoms with Crippen molar-refractivity contribution in [3.8, 4) is 6.07 Å². The molecular weight excluding hydrogens is 226 g/mol. The van der Waals surface area contributed by atoms with E-state index in [1.54, 1.807) is 0 Å². The van der Waals surface area contributed by atoms with Crippen molar-refractivity contribution in [2.75, 3.05) is 7.11 Å². The van der Waals surface area contributed by atoms with Crippen LogP contribution in [0.25, 0.3) is 0 Å². The summed E-state index contributed by atoms with van der Waals surface area (Å²) in [5.41, 5.74) is 2.19. The lowest BCUT2D eigenvalue weighted by Gasteiger charge is -2.29. The summed E-state index contributed by atoms with van der Waals surface area (Å²) in [6, 6.07) is 2.01. The number of methoxy groups -OCH3 is 1. The molecule has 3 heteroatoms. The predicted octanol–water partition coefficient (Wildman–Crippen LogP) is 3.38. The number of hydrogen-bond acceptors (Lipinski definition) is 3. The molecule has 0 aromatic rings. The van der Waals surface area contributed by atoms with Gasteiger partial charge in [0.25, 0.3) is 0 Å². The van der Waals surface area contributed by atoms with Gasteiger partial charge in [-0.3, -0.25) is 0 Å². The van der Waals surface area contributed by atoms with Gasteiger partial charge < -0.3 is 4.74 Å². The first-order chi connectivity index (χ1) is 8.58. The standard InChI is InChI=1S/C15H21NO2/c1-5-11-7-10(3)14(12(6-2)8-11)13(9-16)15(17)18-4/h8,10-11H,5-7H2,1-4H3. The van der Waals surface area contributed by atoms with Gasteiger partial charge in [0.2, 0.25) is 0 Å². The predicted molar refractivity (Wildman–Crippen MR) is 70.6 cm³/mol. The second kappa shape index (κ2) is 6.39. The minimum Gasteiger partial charge on any atom is -0.465 e. The van der Waals surface area contributed by atoms with Crippen LogP contribution in [-0.4, -0.2) is 13.1 Å². The summed E-state index contributed by atoms with van der Waals surface area (Å²) < 4.78 is 4.70. The molecule has 1 aliphatic rings. The van der Waals surface area contributed by atoms with Crippen LogP contribution in [-0.2, 0) is 9.53 Å². The SMILES string of the molecule is CCC1=CC(CC)CC(C)C1=C(C#N)C(=O)OC. The van der Waals surface area contributed by atoms with Crippen molar-refractivity contribution in [2.45, 2.75) is 40.0 Å². The normalized spacial score (nSPS) is 26.1. The maximum absolute atomic E-state index is 11.7. The fraction of sp³-hybridized carbons (Fsp3) is 0.600. The van der Waals surface area contributed by atoms with Crippen LogP contribution in [0, 0.1) is 23.2 Å². The first-order valence-electron chi connectivity index (χ1n) is 6.52. The van der Waals surface area contributed by atoms with Gasteiger partial charge in [-0.1, -0.05) is 26.8 Å². The third kappa shape index (κ3) is 2.81. The fourth-order valence-corrected chi connectivity index (χ4v) is 2.65. The van der Waals surface area contributed by atoms with Gasteiger partial charge in [-0.25, -0.2) is 4.79 Å². The molecule has 0 fully saturated rings. The summed E-state index contributed by atoms with van der Waals surface area (Å²) in [5.74, 6) is 0.272. The minimum atomic E-state index is -0.520. The molecule has 0 N–H and O–H groups in total. The van der Waals surface area contributed by atoms with Crippen molar-refractivity contribution >= 4 is 5.97 Å². The van der Waals surface area contributed by atoms with Gasteiger partial charge in [0, 0.05) is 0 Å². The number of allylic oxidation sites excluding steroid dienone is 3. The van der Waals surface area contributed by atoms with Crippen LogP contribution in [0.5, 0.6) is 0 Å². The van der Waals surface area contributed by atoms with Gasteiger partial charge in [0.1, 0.15) is 11.6 Å². The molecule has 2 atom stereocenters. The van der Waals surface area contributed by atoms with E-state index >= 15 is 0 Å². The van der Waals surface area contributed by atoms with Gasteiger partial charge in [0.05, 0.1) is 7.11 Å². The minimum absolute atomic E-state index is 0.174. The van der Waals surface area contributed by atoms with Crippen molar-refractivity contribution in [1.29, 1.82) is 5.26 Å². The molecular formula is C15H21NO2.